The van der Waals surface area contributed by atoms with Crippen molar-refractivity contribution in [2.24, 2.45) is 0 Å². The number of aromatic nitrogens is 5. The van der Waals surface area contributed by atoms with Crippen LogP contribution in [0.4, 0.5) is 0 Å². The maximum absolute atomic E-state index is 13.3. The van der Waals surface area contributed by atoms with Crippen LogP contribution >= 0.6 is 0 Å². The maximum Gasteiger partial charge on any atom is 0.270 e. The highest BCUT2D eigenvalue weighted by Crippen LogP contribution is 2.35. The molecular weight excluding hydrogens is 715 g/mol. The van der Waals surface area contributed by atoms with E-state index in [1.807, 2.05) is 55.2 Å². The molecule has 0 radical (unpaired) electrons. The highest BCUT2D eigenvalue weighted by atomic mass is 16.5. The number of nitrogens with one attached hydrogen (secondary N) is 2. The molecule has 1 atom stereocenters. The van der Waals surface area contributed by atoms with Crippen LogP contribution in [0.2, 0.25) is 0 Å². The lowest BCUT2D eigenvalue weighted by atomic mass is 10.0. The van der Waals surface area contributed by atoms with Crippen molar-refractivity contribution in [3.63, 3.8) is 0 Å². The Balaban J connectivity index is 0.877. The van der Waals surface area contributed by atoms with E-state index in [4.69, 9.17) is 14.6 Å². The number of likely N-dealkylation sites (N-methyl/N-ethyl adjacent to an activating group) is 1. The fourth-order valence-electron chi connectivity index (χ4n) is 7.76. The molecule has 5 amide bonds. The molecule has 15 nitrogen and oxygen atoms in total. The van der Waals surface area contributed by atoms with Gasteiger partial charge in [0.1, 0.15) is 17.4 Å². The molecule has 0 spiro atoms. The number of piperidine rings is 1. The van der Waals surface area contributed by atoms with Crippen LogP contribution in [0, 0.1) is 0 Å². The molecule has 3 aliphatic heterocycles. The van der Waals surface area contributed by atoms with Crippen LogP contribution in [0.25, 0.3) is 39.0 Å². The fraction of sp³-hybridized carbons (Fsp3) is 0.244. The Labute approximate surface area is 319 Å². The lowest BCUT2D eigenvalue weighted by molar-refractivity contribution is -0.137. The Hall–Kier alpha value is -7.03. The van der Waals surface area contributed by atoms with Gasteiger partial charge in [0, 0.05) is 66.1 Å². The number of nitrogens with zero attached hydrogens (tertiary/aromatic N) is 7. The van der Waals surface area contributed by atoms with E-state index in [2.05, 4.69) is 20.8 Å². The number of imide groups is 1. The SMILES string of the molecule is CCc1nn(-c2cccc3cc(-c4ccc(C(=O)NCc5cc(-c6cccc7c6CN(C6CCC(=O)NC6=O)C7=O)on5)nc4)ncc23)c2c1CC(=O)N(C)C2. The number of hydrogen-bond acceptors (Lipinski definition) is 10. The molecule has 15 heteroatoms. The number of hydrogen-bond donors (Lipinski definition) is 2. The van der Waals surface area contributed by atoms with Crippen molar-refractivity contribution in [2.75, 3.05) is 7.05 Å². The van der Waals surface area contributed by atoms with E-state index in [1.54, 1.807) is 41.4 Å². The lowest BCUT2D eigenvalue weighted by Crippen LogP contribution is -2.52. The minimum atomic E-state index is -0.730. The molecule has 1 unspecified atom stereocenters. The summed E-state index contributed by atoms with van der Waals surface area (Å²) in [6.45, 7) is 2.80. The number of carbonyl (C=O) groups excluding carboxylic acids is 5. The first-order valence-electron chi connectivity index (χ1n) is 18.4. The molecular formula is C41H35N9O6. The number of amides is 5. The molecule has 2 N–H and O–H groups in total. The van der Waals surface area contributed by atoms with Crippen LogP contribution in [-0.4, -0.2) is 77.3 Å². The van der Waals surface area contributed by atoms with Crippen molar-refractivity contribution in [3.05, 3.63) is 113 Å². The van der Waals surface area contributed by atoms with Crippen molar-refractivity contribution < 1.29 is 28.5 Å². The first-order chi connectivity index (χ1) is 27.2. The largest absolute Gasteiger partial charge is 0.356 e. The summed E-state index contributed by atoms with van der Waals surface area (Å²) >= 11 is 0. The number of aryl methyl sites for hydroxylation is 1. The Bertz CT molecular complexity index is 2630. The second-order valence-corrected chi connectivity index (χ2v) is 14.2. The van der Waals surface area contributed by atoms with Crippen LogP contribution in [0.15, 0.2) is 77.6 Å². The van der Waals surface area contributed by atoms with Gasteiger partial charge in [0.2, 0.25) is 17.7 Å². The van der Waals surface area contributed by atoms with Gasteiger partial charge in [-0.25, -0.2) is 4.68 Å². The molecule has 9 rings (SSSR count). The van der Waals surface area contributed by atoms with Crippen LogP contribution in [-0.2, 0) is 46.9 Å². The van der Waals surface area contributed by atoms with Gasteiger partial charge in [-0.1, -0.05) is 36.3 Å². The molecule has 0 bridgehead atoms. The normalized spacial score (nSPS) is 16.6. The van der Waals surface area contributed by atoms with E-state index >= 15 is 0 Å². The Morgan fingerprint density at radius 2 is 1.80 bits per heavy atom. The van der Waals surface area contributed by atoms with Crippen LogP contribution in [0.5, 0.6) is 0 Å². The van der Waals surface area contributed by atoms with Gasteiger partial charge in [-0.2, -0.15) is 5.10 Å². The standard InChI is InChI=1S/C41H35N9O6/c1-3-30-27-16-38(52)48(2)21-35(27)50(46-30)33-9-4-6-22-14-32(43-19-28(22)33)23-10-11-31(42-17-23)39(53)44-18-24-15-36(56-47-24)25-7-5-8-26-29(25)20-49(41(26)55)34-12-13-37(51)45-40(34)54/h4-11,14-15,17,19,34H,3,12-13,16,18,20-21H2,1-2H3,(H,44,53)(H,45,51,54). The lowest BCUT2D eigenvalue weighted by Gasteiger charge is -2.29. The zero-order valence-corrected chi connectivity index (χ0v) is 30.5. The van der Waals surface area contributed by atoms with Crippen molar-refractivity contribution >= 4 is 40.3 Å². The quantitative estimate of drug-likeness (QED) is 0.216. The molecule has 1 saturated heterocycles. The third-order valence-electron chi connectivity index (χ3n) is 10.7. The minimum Gasteiger partial charge on any atom is -0.356 e. The van der Waals surface area contributed by atoms with Gasteiger partial charge in [0.25, 0.3) is 11.8 Å². The summed E-state index contributed by atoms with van der Waals surface area (Å²) < 4.78 is 7.58. The average molecular weight is 750 g/mol. The second-order valence-electron chi connectivity index (χ2n) is 14.2. The van der Waals surface area contributed by atoms with E-state index in [9.17, 15) is 24.0 Å². The number of rotatable bonds is 8. The maximum atomic E-state index is 13.3. The molecule has 280 valence electrons. The Morgan fingerprint density at radius 3 is 2.61 bits per heavy atom. The van der Waals surface area contributed by atoms with E-state index in [-0.39, 0.29) is 49.3 Å². The molecule has 6 aromatic rings. The van der Waals surface area contributed by atoms with Gasteiger partial charge in [-0.05, 0) is 54.1 Å². The molecule has 0 saturated carbocycles. The van der Waals surface area contributed by atoms with Crippen molar-refractivity contribution in [1.82, 2.24) is 45.3 Å². The van der Waals surface area contributed by atoms with Crippen molar-refractivity contribution in [2.45, 2.75) is 58.3 Å². The van der Waals surface area contributed by atoms with Gasteiger partial charge in [0.05, 0.1) is 42.3 Å². The summed E-state index contributed by atoms with van der Waals surface area (Å²) in [5, 5.41) is 16.1. The number of benzene rings is 2. The molecule has 2 aromatic carbocycles. The predicted molar refractivity (Wildman–Crippen MR) is 201 cm³/mol. The predicted octanol–water partition coefficient (Wildman–Crippen LogP) is 3.91. The highest BCUT2D eigenvalue weighted by molar-refractivity contribution is 6.06. The Morgan fingerprint density at radius 1 is 0.964 bits per heavy atom. The van der Waals surface area contributed by atoms with E-state index in [0.29, 0.717) is 46.8 Å². The summed E-state index contributed by atoms with van der Waals surface area (Å²) in [5.74, 6) is -0.994. The topological polar surface area (TPSA) is 186 Å². The summed E-state index contributed by atoms with van der Waals surface area (Å²) in [6.07, 6.45) is 4.95. The highest BCUT2D eigenvalue weighted by Gasteiger charge is 2.40. The summed E-state index contributed by atoms with van der Waals surface area (Å²) in [7, 11) is 1.81. The smallest absolute Gasteiger partial charge is 0.270 e. The first-order valence-corrected chi connectivity index (χ1v) is 18.4. The number of fused-ring (bicyclic) bond motifs is 3. The van der Waals surface area contributed by atoms with Gasteiger partial charge in [0.15, 0.2) is 5.76 Å². The first kappa shape index (κ1) is 34.7. The number of carbonyl (C=O) groups is 5. The summed E-state index contributed by atoms with van der Waals surface area (Å²) in [6, 6.07) is 17.7. The molecule has 0 aliphatic carbocycles. The summed E-state index contributed by atoms with van der Waals surface area (Å²) in [5.41, 5.74) is 7.78. The Kier molecular flexibility index (Phi) is 8.48. The van der Waals surface area contributed by atoms with Gasteiger partial charge >= 0.3 is 0 Å². The van der Waals surface area contributed by atoms with E-state index < -0.39 is 17.9 Å². The third-order valence-corrected chi connectivity index (χ3v) is 10.7. The van der Waals surface area contributed by atoms with E-state index in [1.165, 1.54) is 4.90 Å². The second kappa shape index (κ2) is 13.7. The van der Waals surface area contributed by atoms with Crippen LogP contribution < -0.4 is 10.6 Å². The minimum absolute atomic E-state index is 0.0719. The van der Waals surface area contributed by atoms with Gasteiger partial charge in [-0.3, -0.25) is 39.3 Å². The zero-order valence-electron chi connectivity index (χ0n) is 30.5. The number of pyridine rings is 2. The fourth-order valence-corrected chi connectivity index (χ4v) is 7.76. The average Bonchev–Trinajstić information content (AvgIpc) is 3.92. The summed E-state index contributed by atoms with van der Waals surface area (Å²) in [4.78, 5) is 75.3. The molecule has 1 fully saturated rings. The third kappa shape index (κ3) is 5.97. The van der Waals surface area contributed by atoms with Crippen LogP contribution in [0.3, 0.4) is 0 Å². The van der Waals surface area contributed by atoms with Crippen molar-refractivity contribution in [1.29, 1.82) is 0 Å². The zero-order chi connectivity index (χ0) is 38.7. The van der Waals surface area contributed by atoms with E-state index in [0.717, 1.165) is 45.4 Å². The molecule has 4 aromatic heterocycles. The monoisotopic (exact) mass is 749 g/mol. The molecule has 7 heterocycles. The van der Waals surface area contributed by atoms with Gasteiger partial charge < -0.3 is 19.6 Å². The van der Waals surface area contributed by atoms with Crippen LogP contribution in [0.1, 0.15) is 68.8 Å². The molecule has 3 aliphatic rings. The van der Waals surface area contributed by atoms with Gasteiger partial charge in [-0.15, -0.1) is 0 Å². The molecule has 56 heavy (non-hydrogen) atoms. The van der Waals surface area contributed by atoms with Crippen molar-refractivity contribution in [3.8, 4) is 28.3 Å².